The van der Waals surface area contributed by atoms with Crippen molar-refractivity contribution in [2.24, 2.45) is 4.99 Å². The maximum Gasteiger partial charge on any atom is 0.418 e. The summed E-state index contributed by atoms with van der Waals surface area (Å²) in [4.78, 5) is 18.2. The van der Waals surface area contributed by atoms with Gasteiger partial charge >= 0.3 is 6.18 Å². The summed E-state index contributed by atoms with van der Waals surface area (Å²) in [6.45, 7) is 0. The van der Waals surface area contributed by atoms with Crippen LogP contribution in [0.2, 0.25) is 0 Å². The topological polar surface area (TPSA) is 99.1 Å². The molecule has 35 heavy (non-hydrogen) atoms. The monoisotopic (exact) mass is 503 g/mol. The number of rotatable bonds is 4. The molecule has 182 valence electrons. The molecule has 0 saturated carbocycles. The molecule has 0 spiro atoms. The van der Waals surface area contributed by atoms with E-state index in [4.69, 9.17) is 4.55 Å². The Labute approximate surface area is 199 Å². The average molecular weight is 504 g/mol. The Morgan fingerprint density at radius 3 is 2.23 bits per heavy atom. The lowest BCUT2D eigenvalue weighted by molar-refractivity contribution is -0.137. The molecule has 3 aromatic carbocycles. The Morgan fingerprint density at radius 1 is 0.971 bits per heavy atom. The van der Waals surface area contributed by atoms with Gasteiger partial charge in [-0.15, -0.1) is 0 Å². The largest absolute Gasteiger partial charge is 0.418 e. The highest BCUT2D eigenvalue weighted by Crippen LogP contribution is 2.43. The van der Waals surface area contributed by atoms with Crippen LogP contribution in [0.3, 0.4) is 0 Å². The molecule has 1 amide bonds. The van der Waals surface area contributed by atoms with Crippen LogP contribution >= 0.6 is 0 Å². The first-order valence-corrected chi connectivity index (χ1v) is 11.8. The standard InChI is InChI=1S/C24H20F3N3O4S/c1-30(2)22-12-21-20(11-18(22)24(25,26)27)29-23(31)13-19(28-21)16-5-3-4-15(10-16)14-6-8-17(9-7-14)35(32,33)34/h3-12H,13H2,1-2H3,(H,29,31)(H,32,33,34). The van der Waals surface area contributed by atoms with E-state index >= 15 is 0 Å². The fourth-order valence-electron chi connectivity index (χ4n) is 3.76. The predicted molar refractivity (Wildman–Crippen MR) is 127 cm³/mol. The van der Waals surface area contributed by atoms with Gasteiger partial charge in [0, 0.05) is 14.1 Å². The van der Waals surface area contributed by atoms with Gasteiger partial charge in [-0.25, -0.2) is 0 Å². The molecule has 0 unspecified atom stereocenters. The van der Waals surface area contributed by atoms with E-state index in [1.54, 1.807) is 24.3 Å². The fraction of sp³-hybridized carbons (Fsp3) is 0.167. The number of halogens is 3. The Bertz CT molecular complexity index is 1450. The molecular formula is C24H20F3N3O4S. The molecule has 0 atom stereocenters. The van der Waals surface area contributed by atoms with Crippen LogP contribution in [0.5, 0.6) is 0 Å². The predicted octanol–water partition coefficient (Wildman–Crippen LogP) is 5.15. The molecule has 11 heteroatoms. The van der Waals surface area contributed by atoms with Crippen LogP contribution < -0.4 is 10.2 Å². The quantitative estimate of drug-likeness (QED) is 0.480. The SMILES string of the molecule is CN(C)c1cc2c(cc1C(F)(F)F)NC(=O)CC(c1cccc(-c3ccc(S(=O)(=O)O)cc3)c1)=N2. The summed E-state index contributed by atoms with van der Waals surface area (Å²) in [5.41, 5.74) is 1.50. The zero-order valence-corrected chi connectivity index (χ0v) is 19.4. The maximum absolute atomic E-state index is 13.6. The number of aliphatic imine (C=N–C) groups is 1. The molecule has 0 saturated heterocycles. The van der Waals surface area contributed by atoms with Crippen molar-refractivity contribution in [3.05, 3.63) is 71.8 Å². The Morgan fingerprint density at radius 2 is 1.63 bits per heavy atom. The molecule has 7 nitrogen and oxygen atoms in total. The summed E-state index contributed by atoms with van der Waals surface area (Å²) < 4.78 is 72.5. The number of hydrogen-bond acceptors (Lipinski definition) is 5. The van der Waals surface area contributed by atoms with Crippen LogP contribution in [0.25, 0.3) is 11.1 Å². The fourth-order valence-corrected chi connectivity index (χ4v) is 4.24. The van der Waals surface area contributed by atoms with Gasteiger partial charge in [0.05, 0.1) is 39.7 Å². The second-order valence-corrected chi connectivity index (χ2v) is 9.56. The average Bonchev–Trinajstić information content (AvgIpc) is 2.94. The lowest BCUT2D eigenvalue weighted by Gasteiger charge is -2.21. The van der Waals surface area contributed by atoms with E-state index in [9.17, 15) is 26.4 Å². The number of amides is 1. The third kappa shape index (κ3) is 5.20. The van der Waals surface area contributed by atoms with Gasteiger partial charge in [0.1, 0.15) is 0 Å². The molecule has 0 aliphatic carbocycles. The molecule has 0 bridgehead atoms. The van der Waals surface area contributed by atoms with Gasteiger partial charge in [0.25, 0.3) is 10.1 Å². The van der Waals surface area contributed by atoms with Gasteiger partial charge in [-0.05, 0) is 47.0 Å². The van der Waals surface area contributed by atoms with E-state index in [-0.39, 0.29) is 28.4 Å². The first-order chi connectivity index (χ1) is 16.3. The molecule has 1 aliphatic rings. The number of carbonyl (C=O) groups is 1. The highest BCUT2D eigenvalue weighted by atomic mass is 32.2. The second-order valence-electron chi connectivity index (χ2n) is 8.14. The molecule has 0 fully saturated rings. The Hall–Kier alpha value is -3.70. The summed E-state index contributed by atoms with van der Waals surface area (Å²) in [5, 5.41) is 2.51. The van der Waals surface area contributed by atoms with Gasteiger partial charge in [-0.2, -0.15) is 21.6 Å². The van der Waals surface area contributed by atoms with Crippen molar-refractivity contribution in [3.8, 4) is 11.1 Å². The number of benzene rings is 3. The number of anilines is 2. The van der Waals surface area contributed by atoms with Crippen LogP contribution in [0.15, 0.2) is 70.6 Å². The van der Waals surface area contributed by atoms with Crippen molar-refractivity contribution in [1.29, 1.82) is 0 Å². The lowest BCUT2D eigenvalue weighted by Crippen LogP contribution is -2.18. The number of nitrogens with zero attached hydrogens (tertiary/aromatic N) is 2. The molecule has 1 heterocycles. The molecule has 2 N–H and O–H groups in total. The summed E-state index contributed by atoms with van der Waals surface area (Å²) in [6.07, 6.45) is -4.77. The summed E-state index contributed by atoms with van der Waals surface area (Å²) in [5.74, 6) is -0.504. The molecule has 4 rings (SSSR count). The molecular weight excluding hydrogens is 483 g/mol. The highest BCUT2D eigenvalue weighted by molar-refractivity contribution is 7.85. The zero-order valence-electron chi connectivity index (χ0n) is 18.6. The minimum atomic E-state index is -4.61. The normalized spacial score (nSPS) is 14.0. The number of nitrogens with one attached hydrogen (secondary N) is 1. The minimum absolute atomic E-state index is 0.0279. The van der Waals surface area contributed by atoms with E-state index in [0.717, 1.165) is 6.07 Å². The summed E-state index contributed by atoms with van der Waals surface area (Å²) in [7, 11) is -1.34. The van der Waals surface area contributed by atoms with Gasteiger partial charge in [0.2, 0.25) is 5.91 Å². The zero-order chi connectivity index (χ0) is 25.5. The van der Waals surface area contributed by atoms with Crippen LogP contribution in [0.1, 0.15) is 17.5 Å². The molecule has 0 radical (unpaired) electrons. The second kappa shape index (κ2) is 8.82. The minimum Gasteiger partial charge on any atom is -0.377 e. The third-order valence-corrected chi connectivity index (χ3v) is 6.31. The number of alkyl halides is 3. The molecule has 3 aromatic rings. The van der Waals surface area contributed by atoms with Gasteiger partial charge in [0.15, 0.2) is 0 Å². The maximum atomic E-state index is 13.6. The van der Waals surface area contributed by atoms with Crippen LogP contribution in [-0.2, 0) is 21.1 Å². The van der Waals surface area contributed by atoms with Crippen molar-refractivity contribution in [2.45, 2.75) is 17.5 Å². The van der Waals surface area contributed by atoms with Crippen molar-refractivity contribution in [2.75, 3.05) is 24.3 Å². The van der Waals surface area contributed by atoms with Crippen molar-refractivity contribution >= 4 is 38.8 Å². The highest BCUT2D eigenvalue weighted by Gasteiger charge is 2.36. The van der Waals surface area contributed by atoms with E-state index in [1.807, 2.05) is 0 Å². The van der Waals surface area contributed by atoms with Crippen LogP contribution in [-0.4, -0.2) is 38.7 Å². The lowest BCUT2D eigenvalue weighted by atomic mass is 9.99. The van der Waals surface area contributed by atoms with E-state index in [0.29, 0.717) is 22.4 Å². The van der Waals surface area contributed by atoms with Gasteiger partial charge in [-0.1, -0.05) is 30.3 Å². The van der Waals surface area contributed by atoms with Gasteiger partial charge in [-0.3, -0.25) is 14.3 Å². The van der Waals surface area contributed by atoms with Crippen molar-refractivity contribution in [3.63, 3.8) is 0 Å². The van der Waals surface area contributed by atoms with Crippen LogP contribution in [0, 0.1) is 0 Å². The van der Waals surface area contributed by atoms with Crippen LogP contribution in [0.4, 0.5) is 30.2 Å². The number of carbonyl (C=O) groups excluding carboxylic acids is 1. The number of hydrogen-bond donors (Lipinski definition) is 2. The van der Waals surface area contributed by atoms with E-state index in [2.05, 4.69) is 10.3 Å². The van der Waals surface area contributed by atoms with E-state index < -0.39 is 27.8 Å². The van der Waals surface area contributed by atoms with Crippen molar-refractivity contribution < 1.29 is 30.9 Å². The Balaban J connectivity index is 1.79. The van der Waals surface area contributed by atoms with Gasteiger partial charge < -0.3 is 10.2 Å². The summed E-state index contributed by atoms with van der Waals surface area (Å²) >= 11 is 0. The first kappa shape index (κ1) is 24.4. The van der Waals surface area contributed by atoms with Crippen molar-refractivity contribution in [1.82, 2.24) is 0 Å². The smallest absolute Gasteiger partial charge is 0.377 e. The summed E-state index contributed by atoms with van der Waals surface area (Å²) in [6, 6.07) is 14.8. The molecule has 1 aliphatic heterocycles. The third-order valence-electron chi connectivity index (χ3n) is 5.44. The molecule has 0 aromatic heterocycles. The first-order valence-electron chi connectivity index (χ1n) is 10.3. The number of fused-ring (bicyclic) bond motifs is 1. The Kier molecular flexibility index (Phi) is 6.16. The van der Waals surface area contributed by atoms with E-state index in [1.165, 1.54) is 49.3 Å².